The second-order valence-electron chi connectivity index (χ2n) is 6.23. The van der Waals surface area contributed by atoms with Crippen molar-refractivity contribution in [3.63, 3.8) is 0 Å². The summed E-state index contributed by atoms with van der Waals surface area (Å²) in [6.45, 7) is 1.01. The Morgan fingerprint density at radius 1 is 1.38 bits per heavy atom. The third-order valence-corrected chi connectivity index (χ3v) is 4.71. The molecule has 2 fully saturated rings. The van der Waals surface area contributed by atoms with E-state index in [2.05, 4.69) is 5.10 Å². The number of fused-ring (bicyclic) bond motifs is 1. The first kappa shape index (κ1) is 12.8. The standard InChI is InChI=1S/C16H19N3O2/c20-15(19-9-3-6-14(19)16(21)7-8-16)11-18-10-12-4-1-2-5-13(12)17-18/h1-2,4-5,10,14,21H,3,6-9,11H2. The quantitative estimate of drug-likeness (QED) is 0.931. The first-order valence-electron chi connectivity index (χ1n) is 7.60. The summed E-state index contributed by atoms with van der Waals surface area (Å²) < 4.78 is 1.71. The van der Waals surface area contributed by atoms with E-state index in [4.69, 9.17) is 0 Å². The first-order chi connectivity index (χ1) is 10.2. The maximum atomic E-state index is 12.5. The Bertz CT molecular complexity index is 657. The summed E-state index contributed by atoms with van der Waals surface area (Å²) in [5.41, 5.74) is 0.296. The van der Waals surface area contributed by atoms with E-state index in [-0.39, 0.29) is 18.5 Å². The van der Waals surface area contributed by atoms with Crippen molar-refractivity contribution in [2.45, 2.75) is 43.9 Å². The zero-order valence-corrected chi connectivity index (χ0v) is 11.9. The van der Waals surface area contributed by atoms with Gasteiger partial charge in [0, 0.05) is 18.1 Å². The Morgan fingerprint density at radius 3 is 2.95 bits per heavy atom. The van der Waals surface area contributed by atoms with E-state index in [1.165, 1.54) is 0 Å². The molecule has 0 bridgehead atoms. The number of benzene rings is 1. The molecular formula is C16H19N3O2. The van der Waals surface area contributed by atoms with Crippen LogP contribution in [-0.4, -0.2) is 43.9 Å². The predicted octanol–water partition coefficient (Wildman–Crippen LogP) is 1.55. The number of hydrogen-bond acceptors (Lipinski definition) is 3. The second kappa shape index (κ2) is 4.56. The molecule has 1 aromatic heterocycles. The zero-order valence-electron chi connectivity index (χ0n) is 11.9. The van der Waals surface area contributed by atoms with Crippen LogP contribution in [0.4, 0.5) is 0 Å². The summed E-state index contributed by atoms with van der Waals surface area (Å²) in [4.78, 5) is 14.4. The Morgan fingerprint density at radius 2 is 2.19 bits per heavy atom. The molecule has 1 unspecified atom stereocenters. The first-order valence-corrected chi connectivity index (χ1v) is 7.60. The monoisotopic (exact) mass is 285 g/mol. The van der Waals surface area contributed by atoms with Gasteiger partial charge in [-0.3, -0.25) is 9.48 Å². The van der Waals surface area contributed by atoms with Crippen LogP contribution in [0.15, 0.2) is 30.5 Å². The molecule has 1 saturated carbocycles. The van der Waals surface area contributed by atoms with Crippen molar-refractivity contribution < 1.29 is 9.90 Å². The number of carbonyl (C=O) groups is 1. The summed E-state index contributed by atoms with van der Waals surface area (Å²) in [5.74, 6) is 0.0608. The van der Waals surface area contributed by atoms with Gasteiger partial charge in [-0.25, -0.2) is 0 Å². The molecule has 1 aliphatic heterocycles. The van der Waals surface area contributed by atoms with Crippen molar-refractivity contribution in [3.8, 4) is 0 Å². The third kappa shape index (κ3) is 2.21. The van der Waals surface area contributed by atoms with Crippen LogP contribution in [0.3, 0.4) is 0 Å². The van der Waals surface area contributed by atoms with Gasteiger partial charge in [0.05, 0.1) is 17.2 Å². The number of aromatic nitrogens is 2. The number of amides is 1. The van der Waals surface area contributed by atoms with Crippen molar-refractivity contribution >= 4 is 16.8 Å². The van der Waals surface area contributed by atoms with Gasteiger partial charge in [-0.15, -0.1) is 0 Å². The van der Waals surface area contributed by atoms with E-state index >= 15 is 0 Å². The molecule has 0 spiro atoms. The normalized spacial score (nSPS) is 23.7. The van der Waals surface area contributed by atoms with Gasteiger partial charge in [0.1, 0.15) is 6.54 Å². The lowest BCUT2D eigenvalue weighted by atomic mass is 10.1. The van der Waals surface area contributed by atoms with Gasteiger partial charge in [0.25, 0.3) is 0 Å². The Kier molecular flexibility index (Phi) is 2.79. The van der Waals surface area contributed by atoms with E-state index in [0.717, 1.165) is 43.1 Å². The molecule has 110 valence electrons. The highest BCUT2D eigenvalue weighted by Crippen LogP contribution is 2.44. The highest BCUT2D eigenvalue weighted by atomic mass is 16.3. The topological polar surface area (TPSA) is 58.4 Å². The number of aliphatic hydroxyl groups is 1. The van der Waals surface area contributed by atoms with Crippen molar-refractivity contribution in [2.75, 3.05) is 6.54 Å². The fourth-order valence-corrected chi connectivity index (χ4v) is 3.41. The van der Waals surface area contributed by atoms with Gasteiger partial charge in [-0.2, -0.15) is 5.10 Å². The molecule has 1 N–H and O–H groups in total. The molecule has 1 saturated heterocycles. The minimum Gasteiger partial charge on any atom is -0.388 e. The van der Waals surface area contributed by atoms with Crippen LogP contribution < -0.4 is 0 Å². The van der Waals surface area contributed by atoms with E-state index in [9.17, 15) is 9.90 Å². The Balaban J connectivity index is 1.52. The van der Waals surface area contributed by atoms with Crippen LogP contribution in [0.1, 0.15) is 25.7 Å². The smallest absolute Gasteiger partial charge is 0.244 e. The van der Waals surface area contributed by atoms with Crippen LogP contribution >= 0.6 is 0 Å². The fourth-order valence-electron chi connectivity index (χ4n) is 3.41. The van der Waals surface area contributed by atoms with Crippen molar-refractivity contribution in [2.24, 2.45) is 0 Å². The lowest BCUT2D eigenvalue weighted by Gasteiger charge is -2.28. The summed E-state index contributed by atoms with van der Waals surface area (Å²) >= 11 is 0. The SMILES string of the molecule is O=C(Cn1cc2ccccc2n1)N1CCCC1C1(O)CC1. The van der Waals surface area contributed by atoms with E-state index in [0.29, 0.717) is 0 Å². The predicted molar refractivity (Wildman–Crippen MR) is 78.7 cm³/mol. The number of carbonyl (C=O) groups excluding carboxylic acids is 1. The summed E-state index contributed by atoms with van der Waals surface area (Å²) in [6, 6.07) is 7.86. The van der Waals surface area contributed by atoms with Crippen LogP contribution in [0.2, 0.25) is 0 Å². The zero-order chi connectivity index (χ0) is 14.4. The van der Waals surface area contributed by atoms with Crippen molar-refractivity contribution in [1.29, 1.82) is 0 Å². The third-order valence-electron chi connectivity index (χ3n) is 4.71. The maximum absolute atomic E-state index is 12.5. The number of likely N-dealkylation sites (tertiary alicyclic amines) is 1. The highest BCUT2D eigenvalue weighted by molar-refractivity contribution is 5.80. The summed E-state index contributed by atoms with van der Waals surface area (Å²) in [5, 5.41) is 15.8. The van der Waals surface area contributed by atoms with Gasteiger partial charge in [-0.05, 0) is 31.7 Å². The molecule has 5 heteroatoms. The van der Waals surface area contributed by atoms with E-state index in [1.54, 1.807) is 4.68 Å². The van der Waals surface area contributed by atoms with Gasteiger partial charge in [0.15, 0.2) is 0 Å². The highest BCUT2D eigenvalue weighted by Gasteiger charge is 2.52. The molecule has 0 radical (unpaired) electrons. The molecule has 4 rings (SSSR count). The lowest BCUT2D eigenvalue weighted by Crippen LogP contribution is -2.45. The second-order valence-corrected chi connectivity index (χ2v) is 6.23. The number of rotatable bonds is 3. The summed E-state index contributed by atoms with van der Waals surface area (Å²) in [7, 11) is 0. The van der Waals surface area contributed by atoms with E-state index in [1.807, 2.05) is 35.4 Å². The van der Waals surface area contributed by atoms with Crippen LogP contribution in [-0.2, 0) is 11.3 Å². The van der Waals surface area contributed by atoms with Crippen LogP contribution in [0.25, 0.3) is 10.9 Å². The van der Waals surface area contributed by atoms with E-state index < -0.39 is 5.60 Å². The largest absolute Gasteiger partial charge is 0.388 e. The number of nitrogens with zero attached hydrogens (tertiary/aromatic N) is 3. The molecular weight excluding hydrogens is 266 g/mol. The fraction of sp³-hybridized carbons (Fsp3) is 0.500. The molecule has 5 nitrogen and oxygen atoms in total. The van der Waals surface area contributed by atoms with Crippen molar-refractivity contribution in [3.05, 3.63) is 30.5 Å². The Labute approximate surface area is 123 Å². The molecule has 1 amide bonds. The van der Waals surface area contributed by atoms with Gasteiger partial charge < -0.3 is 10.0 Å². The van der Waals surface area contributed by atoms with Gasteiger partial charge in [0.2, 0.25) is 5.91 Å². The van der Waals surface area contributed by atoms with Gasteiger partial charge in [-0.1, -0.05) is 18.2 Å². The minimum absolute atomic E-state index is 0.00924. The van der Waals surface area contributed by atoms with Crippen molar-refractivity contribution in [1.82, 2.24) is 14.7 Å². The molecule has 21 heavy (non-hydrogen) atoms. The van der Waals surface area contributed by atoms with Crippen LogP contribution in [0, 0.1) is 0 Å². The minimum atomic E-state index is -0.610. The molecule has 2 aromatic rings. The molecule has 1 aromatic carbocycles. The molecule has 1 aliphatic carbocycles. The lowest BCUT2D eigenvalue weighted by molar-refractivity contribution is -0.135. The van der Waals surface area contributed by atoms with Gasteiger partial charge >= 0.3 is 0 Å². The molecule has 2 aliphatic rings. The molecule has 1 atom stereocenters. The average Bonchev–Trinajstić information content (AvgIpc) is 2.94. The van der Waals surface area contributed by atoms with Crippen LogP contribution in [0.5, 0.6) is 0 Å². The maximum Gasteiger partial charge on any atom is 0.244 e. The summed E-state index contributed by atoms with van der Waals surface area (Å²) in [6.07, 6.45) is 5.47. The number of hydrogen-bond donors (Lipinski definition) is 1. The Hall–Kier alpha value is -1.88. The average molecular weight is 285 g/mol. The molecule has 2 heterocycles.